The highest BCUT2D eigenvalue weighted by Crippen LogP contribution is 2.32. The predicted octanol–water partition coefficient (Wildman–Crippen LogP) is 5.85. The van der Waals surface area contributed by atoms with Gasteiger partial charge in [0, 0.05) is 46.9 Å². The first kappa shape index (κ1) is 25.9. The van der Waals surface area contributed by atoms with Crippen molar-refractivity contribution in [1.29, 1.82) is 0 Å². The molecule has 1 unspecified atom stereocenters. The average Bonchev–Trinajstić information content (AvgIpc) is 2.87. The molecule has 2 aromatic carbocycles. The van der Waals surface area contributed by atoms with Gasteiger partial charge in [-0.1, -0.05) is 54.0 Å². The van der Waals surface area contributed by atoms with Crippen LogP contribution in [0.15, 0.2) is 61.3 Å². The van der Waals surface area contributed by atoms with E-state index >= 15 is 0 Å². The molecule has 0 radical (unpaired) electrons. The number of rotatable bonds is 9. The van der Waals surface area contributed by atoms with Gasteiger partial charge >= 0.3 is 0 Å². The summed E-state index contributed by atoms with van der Waals surface area (Å²) in [5.41, 5.74) is 3.66. The fourth-order valence-corrected chi connectivity index (χ4v) is 5.10. The Labute approximate surface area is 221 Å². The molecule has 0 spiro atoms. The molecule has 3 aromatic rings. The lowest BCUT2D eigenvalue weighted by atomic mass is 9.89. The van der Waals surface area contributed by atoms with E-state index in [9.17, 15) is 9.59 Å². The summed E-state index contributed by atoms with van der Waals surface area (Å²) in [6.45, 7) is 3.50. The van der Waals surface area contributed by atoms with E-state index in [4.69, 9.17) is 28.2 Å². The van der Waals surface area contributed by atoms with Crippen LogP contribution in [0, 0.1) is 5.92 Å². The third-order valence-electron chi connectivity index (χ3n) is 6.47. The predicted molar refractivity (Wildman–Crippen MR) is 145 cm³/mol. The minimum absolute atomic E-state index is 0.0437. The van der Waals surface area contributed by atoms with Crippen molar-refractivity contribution in [2.24, 2.45) is 5.92 Å². The van der Waals surface area contributed by atoms with Crippen molar-refractivity contribution in [3.63, 3.8) is 0 Å². The van der Waals surface area contributed by atoms with Gasteiger partial charge < -0.3 is 5.32 Å². The van der Waals surface area contributed by atoms with Crippen molar-refractivity contribution in [2.45, 2.75) is 38.5 Å². The quantitative estimate of drug-likeness (QED) is 0.357. The number of carbonyl (C=O) groups is 2. The number of amides is 2. The number of anilines is 2. The maximum absolute atomic E-state index is 13.1. The van der Waals surface area contributed by atoms with E-state index in [1.54, 1.807) is 11.9 Å². The molecule has 36 heavy (non-hydrogen) atoms. The Hall–Kier alpha value is -3.22. The first-order chi connectivity index (χ1) is 17.4. The van der Waals surface area contributed by atoms with Gasteiger partial charge in [-0.3, -0.25) is 14.5 Å². The molecule has 6 nitrogen and oxygen atoms in total. The summed E-state index contributed by atoms with van der Waals surface area (Å²) < 4.78 is 0. The standard InChI is InChI=1S/C28H28Cl2N4O2/c1-3-26(35)32-24-12-5-4-8-18(24)9-6-13-25-31-17-20-16-19(28(36)34(2)27(20)33-25)14-15-21-22(29)10-7-11-23(21)30/h3-5,7-8,10-12,17,19H,1,6,9,13-16H2,2H3,(H,32,35). The number of aromatic nitrogens is 2. The second kappa shape index (κ2) is 11.7. The molecule has 2 amide bonds. The molecule has 4 rings (SSSR count). The van der Waals surface area contributed by atoms with Crippen LogP contribution in [0.2, 0.25) is 10.0 Å². The van der Waals surface area contributed by atoms with E-state index in [0.717, 1.165) is 35.2 Å². The SMILES string of the molecule is C=CC(=O)Nc1ccccc1CCCc1ncc2c(n1)N(C)C(=O)C(CCc1c(Cl)cccc1Cl)C2. The van der Waals surface area contributed by atoms with Gasteiger partial charge in [0.1, 0.15) is 11.6 Å². The number of fused-ring (bicyclic) bond motifs is 1. The first-order valence-corrected chi connectivity index (χ1v) is 12.7. The third kappa shape index (κ3) is 5.94. The Morgan fingerprint density at radius 3 is 2.64 bits per heavy atom. The largest absolute Gasteiger partial charge is 0.322 e. The van der Waals surface area contributed by atoms with Crippen molar-refractivity contribution < 1.29 is 9.59 Å². The van der Waals surface area contributed by atoms with Crippen LogP contribution >= 0.6 is 23.2 Å². The topological polar surface area (TPSA) is 75.2 Å². The van der Waals surface area contributed by atoms with Gasteiger partial charge in [0.15, 0.2) is 0 Å². The zero-order valence-electron chi connectivity index (χ0n) is 20.1. The summed E-state index contributed by atoms with van der Waals surface area (Å²) in [7, 11) is 1.77. The fourth-order valence-electron chi connectivity index (χ4n) is 4.52. The summed E-state index contributed by atoms with van der Waals surface area (Å²) in [5.74, 6) is 1.01. The van der Waals surface area contributed by atoms with Crippen molar-refractivity contribution in [3.8, 4) is 0 Å². The Balaban J connectivity index is 1.39. The van der Waals surface area contributed by atoms with E-state index in [1.807, 2.05) is 48.7 Å². The molecule has 1 aliphatic heterocycles. The second-order valence-electron chi connectivity index (χ2n) is 8.88. The highest BCUT2D eigenvalue weighted by molar-refractivity contribution is 6.36. The van der Waals surface area contributed by atoms with Gasteiger partial charge in [-0.05, 0) is 67.5 Å². The summed E-state index contributed by atoms with van der Waals surface area (Å²) in [4.78, 5) is 35.7. The Morgan fingerprint density at radius 2 is 1.89 bits per heavy atom. The van der Waals surface area contributed by atoms with Gasteiger partial charge in [0.05, 0.1) is 0 Å². The molecule has 0 bridgehead atoms. The maximum atomic E-state index is 13.1. The molecule has 1 aromatic heterocycles. The van der Waals surface area contributed by atoms with Gasteiger partial charge in [-0.25, -0.2) is 9.97 Å². The van der Waals surface area contributed by atoms with Gasteiger partial charge in [-0.15, -0.1) is 0 Å². The molecule has 186 valence electrons. The number of benzene rings is 2. The van der Waals surface area contributed by atoms with Crippen LogP contribution in [0.25, 0.3) is 0 Å². The Bertz CT molecular complexity index is 1270. The van der Waals surface area contributed by atoms with Crippen LogP contribution in [-0.2, 0) is 35.3 Å². The molecule has 0 saturated carbocycles. The van der Waals surface area contributed by atoms with Crippen molar-refractivity contribution in [1.82, 2.24) is 9.97 Å². The second-order valence-corrected chi connectivity index (χ2v) is 9.69. The number of aryl methyl sites for hydroxylation is 2. The molecular formula is C28H28Cl2N4O2. The highest BCUT2D eigenvalue weighted by Gasteiger charge is 2.32. The van der Waals surface area contributed by atoms with E-state index in [2.05, 4.69) is 16.9 Å². The molecule has 0 fully saturated rings. The lowest BCUT2D eigenvalue weighted by Gasteiger charge is -2.30. The van der Waals surface area contributed by atoms with Crippen LogP contribution in [0.4, 0.5) is 11.5 Å². The number of hydrogen-bond acceptors (Lipinski definition) is 4. The molecule has 1 atom stereocenters. The first-order valence-electron chi connectivity index (χ1n) is 11.9. The molecule has 1 N–H and O–H groups in total. The normalized spacial score (nSPS) is 14.9. The maximum Gasteiger partial charge on any atom is 0.247 e. The summed E-state index contributed by atoms with van der Waals surface area (Å²) in [5, 5.41) is 4.09. The summed E-state index contributed by atoms with van der Waals surface area (Å²) in [6, 6.07) is 13.2. The van der Waals surface area contributed by atoms with E-state index in [-0.39, 0.29) is 17.7 Å². The molecule has 8 heteroatoms. The van der Waals surface area contributed by atoms with Crippen LogP contribution in [0.3, 0.4) is 0 Å². The molecule has 0 saturated heterocycles. The van der Waals surface area contributed by atoms with Gasteiger partial charge in [-0.2, -0.15) is 0 Å². The van der Waals surface area contributed by atoms with E-state index < -0.39 is 0 Å². The monoisotopic (exact) mass is 522 g/mol. The zero-order chi connectivity index (χ0) is 25.7. The average molecular weight is 523 g/mol. The number of nitrogens with zero attached hydrogens (tertiary/aromatic N) is 3. The van der Waals surface area contributed by atoms with Crippen LogP contribution in [-0.4, -0.2) is 28.8 Å². The number of halogens is 2. The molecule has 2 heterocycles. The smallest absolute Gasteiger partial charge is 0.247 e. The number of para-hydroxylation sites is 1. The highest BCUT2D eigenvalue weighted by atomic mass is 35.5. The van der Waals surface area contributed by atoms with E-state index in [0.29, 0.717) is 47.4 Å². The fraction of sp³-hybridized carbons (Fsp3) is 0.286. The zero-order valence-corrected chi connectivity index (χ0v) is 21.6. The lowest BCUT2D eigenvalue weighted by molar-refractivity contribution is -0.122. The number of carbonyl (C=O) groups excluding carboxylic acids is 2. The van der Waals surface area contributed by atoms with Crippen molar-refractivity contribution >= 4 is 46.5 Å². The third-order valence-corrected chi connectivity index (χ3v) is 7.18. The Kier molecular flexibility index (Phi) is 8.39. The van der Waals surface area contributed by atoms with E-state index in [1.165, 1.54) is 6.08 Å². The summed E-state index contributed by atoms with van der Waals surface area (Å²) in [6.07, 6.45) is 7.20. The number of hydrogen-bond donors (Lipinski definition) is 1. The van der Waals surface area contributed by atoms with Crippen LogP contribution in [0.5, 0.6) is 0 Å². The molecule has 0 aliphatic carbocycles. The van der Waals surface area contributed by atoms with Crippen LogP contribution < -0.4 is 10.2 Å². The van der Waals surface area contributed by atoms with Crippen LogP contribution in [0.1, 0.15) is 35.4 Å². The minimum Gasteiger partial charge on any atom is -0.322 e. The minimum atomic E-state index is -0.235. The van der Waals surface area contributed by atoms with Crippen molar-refractivity contribution in [2.75, 3.05) is 17.3 Å². The molecule has 1 aliphatic rings. The van der Waals surface area contributed by atoms with Crippen molar-refractivity contribution in [3.05, 3.63) is 93.9 Å². The van der Waals surface area contributed by atoms with Gasteiger partial charge in [0.25, 0.3) is 0 Å². The Morgan fingerprint density at radius 1 is 1.14 bits per heavy atom. The summed E-state index contributed by atoms with van der Waals surface area (Å²) >= 11 is 12.6. The number of nitrogens with one attached hydrogen (secondary N) is 1. The van der Waals surface area contributed by atoms with Gasteiger partial charge in [0.2, 0.25) is 11.8 Å². The lowest BCUT2D eigenvalue weighted by Crippen LogP contribution is -2.39. The molecular weight excluding hydrogens is 495 g/mol.